The van der Waals surface area contributed by atoms with Crippen molar-refractivity contribution in [1.82, 2.24) is 4.98 Å². The number of pyridine rings is 1. The van der Waals surface area contributed by atoms with E-state index in [1.165, 1.54) is 0 Å². The Balaban J connectivity index is 2.16. The summed E-state index contributed by atoms with van der Waals surface area (Å²) < 4.78 is 6.03. The fourth-order valence-electron chi connectivity index (χ4n) is 2.15. The van der Waals surface area contributed by atoms with Crippen LogP contribution in [-0.4, -0.2) is 12.1 Å². The molecule has 1 N–H and O–H groups in total. The Bertz CT molecular complexity index is 822. The normalized spacial score (nSPS) is 10.7. The summed E-state index contributed by atoms with van der Waals surface area (Å²) in [6, 6.07) is 14.9. The first-order valence-corrected chi connectivity index (χ1v) is 6.94. The molecule has 0 aliphatic heterocycles. The molecule has 3 nitrogen and oxygen atoms in total. The topological polar surface area (TPSA) is 42.1 Å². The third-order valence-corrected chi connectivity index (χ3v) is 3.69. The van der Waals surface area contributed by atoms with Crippen molar-refractivity contribution in [1.29, 1.82) is 0 Å². The van der Waals surface area contributed by atoms with E-state index >= 15 is 0 Å². The second-order valence-electron chi connectivity index (χ2n) is 4.47. The minimum absolute atomic E-state index is 0.00543. The molecule has 0 saturated heterocycles. The molecular weight excluding hydrogens is 318 g/mol. The van der Waals surface area contributed by atoms with Crippen LogP contribution in [0.2, 0.25) is 0 Å². The lowest BCUT2D eigenvalue weighted by Gasteiger charge is -2.06. The Morgan fingerprint density at radius 1 is 1.05 bits per heavy atom. The van der Waals surface area contributed by atoms with Gasteiger partial charge in [-0.3, -0.25) is 4.79 Å². The van der Waals surface area contributed by atoms with Crippen LogP contribution in [-0.2, 0) is 0 Å². The van der Waals surface area contributed by atoms with Gasteiger partial charge in [0.1, 0.15) is 5.75 Å². The van der Waals surface area contributed by atoms with Crippen LogP contribution < -0.4 is 10.2 Å². The SMILES string of the molecule is COc1ccc(-c2cc(=O)c3cc(Br)ccc3[nH]2)cc1. The molecule has 0 radical (unpaired) electrons. The van der Waals surface area contributed by atoms with Gasteiger partial charge >= 0.3 is 0 Å². The largest absolute Gasteiger partial charge is 0.497 e. The Morgan fingerprint density at radius 2 is 1.80 bits per heavy atom. The third-order valence-electron chi connectivity index (χ3n) is 3.19. The van der Waals surface area contributed by atoms with E-state index in [0.29, 0.717) is 5.39 Å². The predicted molar refractivity (Wildman–Crippen MR) is 84.3 cm³/mol. The summed E-state index contributed by atoms with van der Waals surface area (Å²) in [5, 5.41) is 0.677. The van der Waals surface area contributed by atoms with Gasteiger partial charge in [0.25, 0.3) is 0 Å². The Hall–Kier alpha value is -2.07. The average Bonchev–Trinajstić information content (AvgIpc) is 2.48. The number of ether oxygens (including phenoxy) is 1. The third kappa shape index (κ3) is 2.34. The summed E-state index contributed by atoms with van der Waals surface area (Å²) in [4.78, 5) is 15.5. The zero-order valence-electron chi connectivity index (χ0n) is 10.8. The lowest BCUT2D eigenvalue weighted by Crippen LogP contribution is -2.02. The summed E-state index contributed by atoms with van der Waals surface area (Å²) >= 11 is 3.38. The summed E-state index contributed by atoms with van der Waals surface area (Å²) in [6.07, 6.45) is 0. The molecule has 2 aromatic carbocycles. The number of halogens is 1. The highest BCUT2D eigenvalue weighted by Gasteiger charge is 2.05. The van der Waals surface area contributed by atoms with Gasteiger partial charge in [0.05, 0.1) is 7.11 Å². The molecule has 0 atom stereocenters. The monoisotopic (exact) mass is 329 g/mol. The van der Waals surface area contributed by atoms with Gasteiger partial charge in [0.15, 0.2) is 5.43 Å². The van der Waals surface area contributed by atoms with Crippen LogP contribution in [0.15, 0.2) is 57.8 Å². The maximum Gasteiger partial charge on any atom is 0.190 e. The van der Waals surface area contributed by atoms with Gasteiger partial charge in [-0.2, -0.15) is 0 Å². The van der Waals surface area contributed by atoms with Crippen molar-refractivity contribution in [2.45, 2.75) is 0 Å². The van der Waals surface area contributed by atoms with E-state index in [9.17, 15) is 4.79 Å². The van der Waals surface area contributed by atoms with Crippen molar-refractivity contribution in [2.24, 2.45) is 0 Å². The number of H-pyrrole nitrogens is 1. The number of aromatic nitrogens is 1. The molecule has 0 unspecified atom stereocenters. The van der Waals surface area contributed by atoms with Crippen LogP contribution >= 0.6 is 15.9 Å². The van der Waals surface area contributed by atoms with Gasteiger partial charge in [-0.15, -0.1) is 0 Å². The fourth-order valence-corrected chi connectivity index (χ4v) is 2.51. The summed E-state index contributed by atoms with van der Waals surface area (Å²) in [7, 11) is 1.63. The molecular formula is C16H12BrNO2. The molecule has 20 heavy (non-hydrogen) atoms. The van der Waals surface area contributed by atoms with Crippen molar-refractivity contribution in [3.8, 4) is 17.0 Å². The van der Waals surface area contributed by atoms with Gasteiger partial charge in [0, 0.05) is 27.1 Å². The molecule has 3 rings (SSSR count). The van der Waals surface area contributed by atoms with E-state index in [1.54, 1.807) is 13.2 Å². The zero-order chi connectivity index (χ0) is 14.1. The molecule has 1 heterocycles. The van der Waals surface area contributed by atoms with Crippen molar-refractivity contribution in [3.63, 3.8) is 0 Å². The van der Waals surface area contributed by atoms with Crippen LogP contribution in [0.5, 0.6) is 5.75 Å². The van der Waals surface area contributed by atoms with Crippen LogP contribution in [0.3, 0.4) is 0 Å². The zero-order valence-corrected chi connectivity index (χ0v) is 12.4. The van der Waals surface area contributed by atoms with Crippen LogP contribution in [0.4, 0.5) is 0 Å². The molecule has 100 valence electrons. The lowest BCUT2D eigenvalue weighted by molar-refractivity contribution is 0.415. The second-order valence-corrected chi connectivity index (χ2v) is 5.38. The van der Waals surface area contributed by atoms with Crippen molar-refractivity contribution in [2.75, 3.05) is 7.11 Å². The van der Waals surface area contributed by atoms with Gasteiger partial charge < -0.3 is 9.72 Å². The minimum atomic E-state index is 0.00543. The lowest BCUT2D eigenvalue weighted by atomic mass is 10.1. The molecule has 1 aromatic heterocycles. The number of aromatic amines is 1. The molecule has 0 aliphatic carbocycles. The molecule has 0 bridgehead atoms. The Labute approximate surface area is 124 Å². The highest BCUT2D eigenvalue weighted by atomic mass is 79.9. The van der Waals surface area contributed by atoms with Crippen LogP contribution in [0.1, 0.15) is 0 Å². The predicted octanol–water partition coefficient (Wildman–Crippen LogP) is 3.97. The summed E-state index contributed by atoms with van der Waals surface area (Å²) in [5.41, 5.74) is 2.58. The molecule has 4 heteroatoms. The maximum atomic E-state index is 12.2. The highest BCUT2D eigenvalue weighted by molar-refractivity contribution is 9.10. The quantitative estimate of drug-likeness (QED) is 0.773. The van der Waals surface area contributed by atoms with E-state index < -0.39 is 0 Å². The fraction of sp³-hybridized carbons (Fsp3) is 0.0625. The Kier molecular flexibility index (Phi) is 3.32. The average molecular weight is 330 g/mol. The first-order valence-electron chi connectivity index (χ1n) is 6.14. The smallest absolute Gasteiger partial charge is 0.190 e. The molecule has 0 fully saturated rings. The number of hydrogen-bond acceptors (Lipinski definition) is 2. The van der Waals surface area contributed by atoms with E-state index in [0.717, 1.165) is 27.0 Å². The number of rotatable bonds is 2. The molecule has 0 saturated carbocycles. The standard InChI is InChI=1S/C16H12BrNO2/c1-20-12-5-2-10(3-6-12)15-9-16(19)13-8-11(17)4-7-14(13)18-15/h2-9H,1H3,(H,18,19). The van der Waals surface area contributed by atoms with Crippen molar-refractivity contribution in [3.05, 3.63) is 63.2 Å². The Morgan fingerprint density at radius 3 is 2.50 bits per heavy atom. The maximum absolute atomic E-state index is 12.2. The minimum Gasteiger partial charge on any atom is -0.497 e. The molecule has 3 aromatic rings. The number of methoxy groups -OCH3 is 1. The van der Waals surface area contributed by atoms with Crippen LogP contribution in [0.25, 0.3) is 22.2 Å². The first-order chi connectivity index (χ1) is 9.67. The number of hydrogen-bond donors (Lipinski definition) is 1. The van der Waals surface area contributed by atoms with Crippen molar-refractivity contribution < 1.29 is 4.74 Å². The number of fused-ring (bicyclic) bond motifs is 1. The number of nitrogens with one attached hydrogen (secondary N) is 1. The molecule has 0 aliphatic rings. The van der Waals surface area contributed by atoms with Gasteiger partial charge in [-0.1, -0.05) is 15.9 Å². The van der Waals surface area contributed by atoms with Crippen molar-refractivity contribution >= 4 is 26.8 Å². The summed E-state index contributed by atoms with van der Waals surface area (Å²) in [6.45, 7) is 0. The van der Waals surface area contributed by atoms with Gasteiger partial charge in [0.2, 0.25) is 0 Å². The molecule has 0 spiro atoms. The van der Waals surface area contributed by atoms with Gasteiger partial charge in [-0.25, -0.2) is 0 Å². The van der Waals surface area contributed by atoms with Crippen LogP contribution in [0, 0.1) is 0 Å². The first kappa shape index (κ1) is 12.9. The summed E-state index contributed by atoms with van der Waals surface area (Å²) in [5.74, 6) is 0.792. The van der Waals surface area contributed by atoms with E-state index in [1.807, 2.05) is 42.5 Å². The van der Waals surface area contributed by atoms with Gasteiger partial charge in [-0.05, 0) is 48.0 Å². The van der Waals surface area contributed by atoms with E-state index in [4.69, 9.17) is 4.74 Å². The van der Waals surface area contributed by atoms with E-state index in [2.05, 4.69) is 20.9 Å². The molecule has 0 amide bonds. The second kappa shape index (κ2) is 5.13. The van der Waals surface area contributed by atoms with E-state index in [-0.39, 0.29) is 5.43 Å². The number of benzene rings is 2. The highest BCUT2D eigenvalue weighted by Crippen LogP contribution is 2.22.